The molecule has 0 aliphatic carbocycles. The molecule has 4 nitrogen and oxygen atoms in total. The van der Waals surface area contributed by atoms with E-state index in [0.29, 0.717) is 33.2 Å². The van der Waals surface area contributed by atoms with E-state index in [1.54, 1.807) is 36.4 Å². The fourth-order valence-corrected chi connectivity index (χ4v) is 3.10. The van der Waals surface area contributed by atoms with Gasteiger partial charge in [0.1, 0.15) is 23.9 Å². The van der Waals surface area contributed by atoms with Gasteiger partial charge in [0, 0.05) is 16.1 Å². The predicted molar refractivity (Wildman–Crippen MR) is 109 cm³/mol. The molecule has 0 atom stereocenters. The molecule has 0 N–H and O–H groups in total. The number of benzene rings is 3. The molecule has 0 saturated heterocycles. The first-order chi connectivity index (χ1) is 14.1. The third-order valence-corrected chi connectivity index (χ3v) is 4.53. The number of carbonyl (C=O) groups excluding carboxylic acids is 1. The lowest BCUT2D eigenvalue weighted by molar-refractivity contribution is -0.136. The molecule has 4 rings (SSSR count). The van der Waals surface area contributed by atoms with Gasteiger partial charge in [-0.1, -0.05) is 59.2 Å². The average Bonchev–Trinajstić information content (AvgIpc) is 3.08. The molecule has 3 aromatic carbocycles. The maximum atomic E-state index is 13.4. The van der Waals surface area contributed by atoms with Gasteiger partial charge in [-0.05, 0) is 42.0 Å². The number of ether oxygens (including phenoxy) is 1. The van der Waals surface area contributed by atoms with E-state index in [-0.39, 0.29) is 12.4 Å². The molecule has 0 spiro atoms. The second kappa shape index (κ2) is 8.29. The summed E-state index contributed by atoms with van der Waals surface area (Å²) in [5, 5.41) is 4.39. The van der Waals surface area contributed by atoms with Crippen LogP contribution in [0.15, 0.2) is 83.5 Å². The first kappa shape index (κ1) is 18.9. The molecule has 1 heterocycles. The van der Waals surface area contributed by atoms with E-state index in [4.69, 9.17) is 21.2 Å². The van der Waals surface area contributed by atoms with Gasteiger partial charge >= 0.3 is 5.97 Å². The van der Waals surface area contributed by atoms with Crippen molar-refractivity contribution in [1.82, 2.24) is 0 Å². The van der Waals surface area contributed by atoms with E-state index in [1.165, 1.54) is 12.1 Å². The molecule has 3 aromatic rings. The van der Waals surface area contributed by atoms with Crippen molar-refractivity contribution < 1.29 is 18.8 Å². The van der Waals surface area contributed by atoms with Crippen LogP contribution in [-0.2, 0) is 16.2 Å². The first-order valence-corrected chi connectivity index (χ1v) is 9.21. The fraction of sp³-hybridized carbons (Fsp3) is 0.0435. The van der Waals surface area contributed by atoms with Gasteiger partial charge in [0.2, 0.25) is 0 Å². The molecule has 29 heavy (non-hydrogen) atoms. The smallest absolute Gasteiger partial charge is 0.368 e. The average molecular weight is 408 g/mol. The van der Waals surface area contributed by atoms with Crippen molar-refractivity contribution in [3.63, 3.8) is 0 Å². The Labute approximate surface area is 171 Å². The topological polar surface area (TPSA) is 47.9 Å². The highest BCUT2D eigenvalue weighted by atomic mass is 35.5. The first-order valence-electron chi connectivity index (χ1n) is 8.84. The number of carbonyl (C=O) groups is 1. The van der Waals surface area contributed by atoms with Crippen molar-refractivity contribution in [3.8, 4) is 5.75 Å². The minimum absolute atomic E-state index is 0.166. The Morgan fingerprint density at radius 3 is 2.66 bits per heavy atom. The molecule has 0 bridgehead atoms. The van der Waals surface area contributed by atoms with Gasteiger partial charge in [0.05, 0.1) is 5.57 Å². The highest BCUT2D eigenvalue weighted by Crippen LogP contribution is 2.29. The van der Waals surface area contributed by atoms with E-state index in [0.717, 1.165) is 5.56 Å². The molecule has 0 amide bonds. The van der Waals surface area contributed by atoms with Gasteiger partial charge in [-0.3, -0.25) is 0 Å². The Morgan fingerprint density at radius 1 is 1.03 bits per heavy atom. The SMILES string of the molecule is O=C1ON=C(c2ccccc2)/C1=C/c1cc(Cl)ccc1OCc1cccc(F)c1. The Morgan fingerprint density at radius 2 is 1.86 bits per heavy atom. The Hall–Kier alpha value is -3.44. The fourth-order valence-electron chi connectivity index (χ4n) is 2.92. The van der Waals surface area contributed by atoms with Crippen molar-refractivity contribution >= 4 is 29.4 Å². The summed E-state index contributed by atoms with van der Waals surface area (Å²) in [6.45, 7) is 0.166. The summed E-state index contributed by atoms with van der Waals surface area (Å²) in [6.07, 6.45) is 1.63. The zero-order valence-electron chi connectivity index (χ0n) is 15.1. The summed E-state index contributed by atoms with van der Waals surface area (Å²) in [7, 11) is 0. The number of rotatable bonds is 5. The van der Waals surface area contributed by atoms with Gasteiger partial charge in [0.15, 0.2) is 0 Å². The number of hydrogen-bond donors (Lipinski definition) is 0. The van der Waals surface area contributed by atoms with Crippen molar-refractivity contribution in [2.75, 3.05) is 0 Å². The molecule has 144 valence electrons. The van der Waals surface area contributed by atoms with Crippen LogP contribution >= 0.6 is 11.6 Å². The predicted octanol–water partition coefficient (Wildman–Crippen LogP) is 5.40. The molecule has 0 aromatic heterocycles. The lowest BCUT2D eigenvalue weighted by Crippen LogP contribution is -2.07. The van der Waals surface area contributed by atoms with Crippen molar-refractivity contribution in [1.29, 1.82) is 0 Å². The van der Waals surface area contributed by atoms with Gasteiger partial charge in [-0.2, -0.15) is 0 Å². The van der Waals surface area contributed by atoms with Gasteiger partial charge < -0.3 is 9.57 Å². The van der Waals surface area contributed by atoms with Crippen LogP contribution in [0.3, 0.4) is 0 Å². The Kier molecular flexibility index (Phi) is 5.40. The van der Waals surface area contributed by atoms with Crippen molar-refractivity contribution in [3.05, 3.63) is 106 Å². The molecular weight excluding hydrogens is 393 g/mol. The summed E-state index contributed by atoms with van der Waals surface area (Å²) >= 11 is 6.15. The Bertz CT molecular complexity index is 1130. The monoisotopic (exact) mass is 407 g/mol. The minimum atomic E-state index is -0.556. The van der Waals surface area contributed by atoms with E-state index in [9.17, 15) is 9.18 Å². The number of halogens is 2. The normalized spacial score (nSPS) is 14.6. The van der Waals surface area contributed by atoms with Crippen LogP contribution in [0.5, 0.6) is 5.75 Å². The molecule has 0 saturated carbocycles. The quantitative estimate of drug-likeness (QED) is 0.420. The zero-order valence-corrected chi connectivity index (χ0v) is 15.9. The standard InChI is InChI=1S/C23H15ClFNO3/c24-18-9-10-21(28-14-15-5-4-8-19(25)11-15)17(12-18)13-20-22(26-29-23(20)27)16-6-2-1-3-7-16/h1-13H,14H2/b20-13-. The van der Waals surface area contributed by atoms with E-state index in [1.807, 2.05) is 30.3 Å². The van der Waals surface area contributed by atoms with Crippen LogP contribution in [0, 0.1) is 5.82 Å². The second-order valence-corrected chi connectivity index (χ2v) is 6.78. The van der Waals surface area contributed by atoms with Crippen LogP contribution in [0.2, 0.25) is 5.02 Å². The lowest BCUT2D eigenvalue weighted by Gasteiger charge is -2.11. The van der Waals surface area contributed by atoms with E-state index < -0.39 is 5.97 Å². The third kappa shape index (κ3) is 4.36. The molecule has 1 aliphatic rings. The van der Waals surface area contributed by atoms with Crippen LogP contribution < -0.4 is 4.74 Å². The zero-order chi connectivity index (χ0) is 20.2. The number of oxime groups is 1. The van der Waals surface area contributed by atoms with E-state index in [2.05, 4.69) is 5.16 Å². The number of nitrogens with zero attached hydrogens (tertiary/aromatic N) is 1. The lowest BCUT2D eigenvalue weighted by atomic mass is 10.0. The highest BCUT2D eigenvalue weighted by Gasteiger charge is 2.27. The summed E-state index contributed by atoms with van der Waals surface area (Å²) in [4.78, 5) is 17.1. The maximum absolute atomic E-state index is 13.4. The summed E-state index contributed by atoms with van der Waals surface area (Å²) in [5.41, 5.74) is 2.77. The van der Waals surface area contributed by atoms with Crippen LogP contribution in [0.4, 0.5) is 4.39 Å². The molecular formula is C23H15ClFNO3. The largest absolute Gasteiger partial charge is 0.488 e. The molecule has 0 unspecified atom stereocenters. The second-order valence-electron chi connectivity index (χ2n) is 6.34. The molecule has 0 fully saturated rings. The number of hydrogen-bond acceptors (Lipinski definition) is 4. The van der Waals surface area contributed by atoms with Gasteiger partial charge in [-0.25, -0.2) is 9.18 Å². The van der Waals surface area contributed by atoms with Crippen LogP contribution in [-0.4, -0.2) is 11.7 Å². The summed E-state index contributed by atoms with van der Waals surface area (Å²) in [5.74, 6) is -0.389. The van der Waals surface area contributed by atoms with Gasteiger partial charge in [0.25, 0.3) is 0 Å². The van der Waals surface area contributed by atoms with Crippen LogP contribution in [0.25, 0.3) is 6.08 Å². The van der Waals surface area contributed by atoms with Crippen molar-refractivity contribution in [2.24, 2.45) is 5.16 Å². The summed E-state index contributed by atoms with van der Waals surface area (Å²) in [6, 6.07) is 20.5. The molecule has 1 aliphatic heterocycles. The van der Waals surface area contributed by atoms with Gasteiger partial charge in [-0.15, -0.1) is 0 Å². The van der Waals surface area contributed by atoms with E-state index >= 15 is 0 Å². The van der Waals surface area contributed by atoms with Crippen molar-refractivity contribution in [2.45, 2.75) is 6.61 Å². The molecule has 0 radical (unpaired) electrons. The maximum Gasteiger partial charge on any atom is 0.368 e. The Balaban J connectivity index is 1.66. The summed E-state index contributed by atoms with van der Waals surface area (Å²) < 4.78 is 19.3. The minimum Gasteiger partial charge on any atom is -0.488 e. The third-order valence-electron chi connectivity index (χ3n) is 4.30. The molecule has 6 heteroatoms. The van der Waals surface area contributed by atoms with Crippen LogP contribution in [0.1, 0.15) is 16.7 Å². The highest BCUT2D eigenvalue weighted by molar-refractivity contribution is 6.32.